The van der Waals surface area contributed by atoms with Gasteiger partial charge in [-0.3, -0.25) is 19.2 Å². The van der Waals surface area contributed by atoms with Gasteiger partial charge in [0.2, 0.25) is 0 Å². The second-order valence-electron chi connectivity index (χ2n) is 14.3. The third-order valence-corrected chi connectivity index (χ3v) is 12.0. The first-order valence-corrected chi connectivity index (χ1v) is 15.5. The summed E-state index contributed by atoms with van der Waals surface area (Å²) in [4.78, 5) is 51.1. The van der Waals surface area contributed by atoms with E-state index in [4.69, 9.17) is 14.2 Å². The van der Waals surface area contributed by atoms with Crippen LogP contribution in [0.25, 0.3) is 0 Å². The zero-order valence-corrected chi connectivity index (χ0v) is 25.4. The van der Waals surface area contributed by atoms with Crippen LogP contribution in [0.2, 0.25) is 0 Å². The molecule has 4 fully saturated rings. The molecule has 0 bridgehead atoms. The van der Waals surface area contributed by atoms with E-state index in [2.05, 4.69) is 27.7 Å². The summed E-state index contributed by atoms with van der Waals surface area (Å²) in [5.41, 5.74) is 0.100. The molecule has 4 aliphatic carbocycles. The van der Waals surface area contributed by atoms with Crippen LogP contribution in [-0.4, -0.2) is 42.3 Å². The van der Waals surface area contributed by atoms with Crippen LogP contribution < -0.4 is 0 Å². The Bertz CT molecular complexity index is 1110. The van der Waals surface area contributed by atoms with Crippen molar-refractivity contribution in [3.05, 3.63) is 11.3 Å². The normalized spacial score (nSPS) is 43.5. The molecule has 0 radical (unpaired) electrons. The molecular formula is C33H48O7. The fraction of sp³-hybridized carbons (Fsp3) is 0.818. The van der Waals surface area contributed by atoms with E-state index in [-0.39, 0.29) is 70.7 Å². The number of allylic oxidation sites excluding steroid dienone is 2. The molecule has 0 saturated heterocycles. The smallest absolute Gasteiger partial charge is 0.302 e. The number of Topliss-reactive ketones (excluding diaryl/α,β-unsaturated/α-hetero) is 2. The molecule has 7 heteroatoms. The standard InChI is InChI=1S/C33H48O7/c1-17-12-25(19(3)34)31(38-16-17)18(2)30-28(40-21(5)36)14-27-24-9-8-22-13-23(39-20(4)35)10-11-32(22,6)26(24)15-29(37)33(27,30)7/h17-18,22-24,26-28,30H,8-16H2,1-7H3/t17-,18+,22+,23+,24-,26+,27+,28+,30+,32+,33-/m1/s1. The molecule has 1 aliphatic heterocycles. The minimum absolute atomic E-state index is 0.0165. The fourth-order valence-electron chi connectivity index (χ4n) is 10.2. The number of carbonyl (C=O) groups excluding carboxylic acids is 4. The molecule has 40 heavy (non-hydrogen) atoms. The van der Waals surface area contributed by atoms with Crippen molar-refractivity contribution >= 4 is 23.5 Å². The first-order chi connectivity index (χ1) is 18.8. The van der Waals surface area contributed by atoms with Crippen LogP contribution in [0, 0.1) is 52.3 Å². The van der Waals surface area contributed by atoms with Gasteiger partial charge in [-0.1, -0.05) is 27.7 Å². The van der Waals surface area contributed by atoms with Crippen molar-refractivity contribution in [2.24, 2.45) is 52.3 Å². The van der Waals surface area contributed by atoms with Crippen LogP contribution in [0.4, 0.5) is 0 Å². The highest BCUT2D eigenvalue weighted by Gasteiger charge is 2.67. The zero-order valence-electron chi connectivity index (χ0n) is 25.4. The molecule has 1 heterocycles. The highest BCUT2D eigenvalue weighted by molar-refractivity contribution is 5.94. The van der Waals surface area contributed by atoms with E-state index < -0.39 is 5.41 Å². The first-order valence-electron chi connectivity index (χ1n) is 15.5. The molecule has 222 valence electrons. The van der Waals surface area contributed by atoms with Gasteiger partial charge in [0.1, 0.15) is 23.8 Å². The number of rotatable bonds is 5. The van der Waals surface area contributed by atoms with E-state index in [1.165, 1.54) is 13.8 Å². The van der Waals surface area contributed by atoms with Gasteiger partial charge in [-0.15, -0.1) is 0 Å². The fourth-order valence-corrected chi connectivity index (χ4v) is 10.2. The van der Waals surface area contributed by atoms with Crippen LogP contribution >= 0.6 is 0 Å². The molecule has 0 aromatic heterocycles. The lowest BCUT2D eigenvalue weighted by Gasteiger charge is -2.60. The van der Waals surface area contributed by atoms with E-state index in [1.54, 1.807) is 6.92 Å². The van der Waals surface area contributed by atoms with Crippen LogP contribution in [0.15, 0.2) is 11.3 Å². The second-order valence-corrected chi connectivity index (χ2v) is 14.3. The van der Waals surface area contributed by atoms with Crippen molar-refractivity contribution in [3.63, 3.8) is 0 Å². The predicted molar refractivity (Wildman–Crippen MR) is 149 cm³/mol. The van der Waals surface area contributed by atoms with Crippen molar-refractivity contribution in [2.75, 3.05) is 6.61 Å². The summed E-state index contributed by atoms with van der Waals surface area (Å²) in [6.45, 7) is 13.7. The van der Waals surface area contributed by atoms with Gasteiger partial charge in [0.25, 0.3) is 0 Å². The van der Waals surface area contributed by atoms with Gasteiger partial charge in [0.05, 0.1) is 6.61 Å². The highest BCUT2D eigenvalue weighted by atomic mass is 16.5. The Labute approximate surface area is 239 Å². The predicted octanol–water partition coefficient (Wildman–Crippen LogP) is 5.83. The minimum Gasteiger partial charge on any atom is -0.497 e. The lowest BCUT2D eigenvalue weighted by atomic mass is 9.44. The van der Waals surface area contributed by atoms with Crippen molar-refractivity contribution in [1.82, 2.24) is 0 Å². The third-order valence-electron chi connectivity index (χ3n) is 12.0. The summed E-state index contributed by atoms with van der Waals surface area (Å²) in [5.74, 6) is 1.45. The summed E-state index contributed by atoms with van der Waals surface area (Å²) in [5, 5.41) is 0. The molecule has 5 rings (SSSR count). The number of esters is 2. The maximum atomic E-state index is 14.4. The van der Waals surface area contributed by atoms with Crippen molar-refractivity contribution in [2.45, 2.75) is 112 Å². The Morgan fingerprint density at radius 3 is 2.30 bits per heavy atom. The van der Waals surface area contributed by atoms with Crippen LogP contribution in [-0.2, 0) is 33.4 Å². The molecule has 11 atom stereocenters. The Kier molecular flexibility index (Phi) is 7.76. The molecule has 0 aromatic carbocycles. The molecule has 0 aromatic rings. The van der Waals surface area contributed by atoms with Gasteiger partial charge in [-0.2, -0.15) is 0 Å². The molecule has 0 spiro atoms. The Morgan fingerprint density at radius 1 is 0.950 bits per heavy atom. The third kappa shape index (κ3) is 4.73. The average molecular weight is 557 g/mol. The molecule has 4 saturated carbocycles. The lowest BCUT2D eigenvalue weighted by Crippen LogP contribution is -2.58. The average Bonchev–Trinajstić information content (AvgIpc) is 3.16. The molecule has 7 nitrogen and oxygen atoms in total. The number of hydrogen-bond acceptors (Lipinski definition) is 7. The monoisotopic (exact) mass is 556 g/mol. The summed E-state index contributed by atoms with van der Waals surface area (Å²) < 4.78 is 17.9. The highest BCUT2D eigenvalue weighted by Crippen LogP contribution is 2.68. The summed E-state index contributed by atoms with van der Waals surface area (Å²) in [7, 11) is 0. The Morgan fingerprint density at radius 2 is 1.65 bits per heavy atom. The Balaban J connectivity index is 1.49. The van der Waals surface area contributed by atoms with E-state index in [1.807, 2.05) is 0 Å². The quantitative estimate of drug-likeness (QED) is 0.393. The summed E-state index contributed by atoms with van der Waals surface area (Å²) >= 11 is 0. The van der Waals surface area contributed by atoms with Crippen LogP contribution in [0.1, 0.15) is 99.8 Å². The first kappa shape index (κ1) is 29.3. The SMILES string of the molecule is CC(=O)O[C@H]1CC[C@@]2(C)[C@@H](CC[C@@H]3[C@@H]2CC(=O)[C@]2(C)[C@@H]([C@H](C)C4=C(C(C)=O)C[C@@H](C)CO4)[C@@H](OC(C)=O)C[C@@H]32)C1. The van der Waals surface area contributed by atoms with Gasteiger partial charge >= 0.3 is 11.9 Å². The molecule has 0 amide bonds. The molecule has 5 aliphatic rings. The van der Waals surface area contributed by atoms with E-state index in [0.717, 1.165) is 37.7 Å². The van der Waals surface area contributed by atoms with Gasteiger partial charge < -0.3 is 14.2 Å². The van der Waals surface area contributed by atoms with E-state index >= 15 is 0 Å². The molecular weight excluding hydrogens is 508 g/mol. The number of carbonyl (C=O) groups is 4. The van der Waals surface area contributed by atoms with Gasteiger partial charge in [-0.05, 0) is 86.9 Å². The maximum Gasteiger partial charge on any atom is 0.302 e. The zero-order chi connectivity index (χ0) is 29.1. The van der Waals surface area contributed by atoms with E-state index in [9.17, 15) is 19.2 Å². The van der Waals surface area contributed by atoms with E-state index in [0.29, 0.717) is 43.5 Å². The number of ketones is 2. The maximum absolute atomic E-state index is 14.4. The van der Waals surface area contributed by atoms with Crippen LogP contribution in [0.5, 0.6) is 0 Å². The topological polar surface area (TPSA) is 96.0 Å². The summed E-state index contributed by atoms with van der Waals surface area (Å²) in [6, 6.07) is 0. The van der Waals surface area contributed by atoms with Gasteiger partial charge in [-0.25, -0.2) is 0 Å². The Hall–Kier alpha value is -2.18. The molecule has 0 N–H and O–H groups in total. The van der Waals surface area contributed by atoms with Gasteiger partial charge in [0, 0.05) is 43.1 Å². The molecule has 0 unspecified atom stereocenters. The summed E-state index contributed by atoms with van der Waals surface area (Å²) in [6.07, 6.45) is 6.26. The largest absolute Gasteiger partial charge is 0.497 e. The lowest BCUT2D eigenvalue weighted by molar-refractivity contribution is -0.168. The minimum atomic E-state index is -0.653. The van der Waals surface area contributed by atoms with Crippen molar-refractivity contribution in [1.29, 1.82) is 0 Å². The number of hydrogen-bond donors (Lipinski definition) is 0. The van der Waals surface area contributed by atoms with Gasteiger partial charge in [0.15, 0.2) is 5.78 Å². The number of fused-ring (bicyclic) bond motifs is 5. The second kappa shape index (κ2) is 10.6. The number of ether oxygens (including phenoxy) is 3. The van der Waals surface area contributed by atoms with Crippen molar-refractivity contribution < 1.29 is 33.4 Å². The van der Waals surface area contributed by atoms with Crippen molar-refractivity contribution in [3.8, 4) is 0 Å². The van der Waals surface area contributed by atoms with Crippen LogP contribution in [0.3, 0.4) is 0 Å².